The zero-order chi connectivity index (χ0) is 10.6. The van der Waals surface area contributed by atoms with E-state index in [-0.39, 0.29) is 6.61 Å². The van der Waals surface area contributed by atoms with Crippen molar-refractivity contribution in [2.75, 3.05) is 6.61 Å². The second kappa shape index (κ2) is 4.95. The molecule has 1 atom stereocenters. The summed E-state index contributed by atoms with van der Waals surface area (Å²) >= 11 is 1.48. The standard InChI is InChI=1S/C8H12N4OS/c1-5(2)8-10-3-7(14-8)6(4-13)11-12-9/h3,5-6,13H,4H2,1-2H3. The molecule has 0 bridgehead atoms. The van der Waals surface area contributed by atoms with Gasteiger partial charge in [-0.2, -0.15) is 0 Å². The van der Waals surface area contributed by atoms with Crippen molar-refractivity contribution in [1.82, 2.24) is 4.98 Å². The first-order valence-electron chi connectivity index (χ1n) is 4.29. The molecule has 0 saturated carbocycles. The van der Waals surface area contributed by atoms with Gasteiger partial charge in [0.2, 0.25) is 0 Å². The lowest BCUT2D eigenvalue weighted by molar-refractivity contribution is 0.269. The lowest BCUT2D eigenvalue weighted by Crippen LogP contribution is -1.96. The van der Waals surface area contributed by atoms with Gasteiger partial charge in [-0.1, -0.05) is 19.0 Å². The Bertz CT molecular complexity index is 343. The summed E-state index contributed by atoms with van der Waals surface area (Å²) in [5.41, 5.74) is 8.28. The zero-order valence-electron chi connectivity index (χ0n) is 8.08. The van der Waals surface area contributed by atoms with E-state index in [0.717, 1.165) is 9.88 Å². The van der Waals surface area contributed by atoms with Crippen LogP contribution in [0.4, 0.5) is 0 Å². The monoisotopic (exact) mass is 212 g/mol. The summed E-state index contributed by atoms with van der Waals surface area (Å²) in [4.78, 5) is 7.69. The van der Waals surface area contributed by atoms with Gasteiger partial charge in [-0.3, -0.25) is 0 Å². The van der Waals surface area contributed by atoms with Gasteiger partial charge in [0.05, 0.1) is 17.7 Å². The minimum atomic E-state index is -0.495. The Morgan fingerprint density at radius 2 is 2.43 bits per heavy atom. The van der Waals surface area contributed by atoms with Crippen molar-refractivity contribution in [2.24, 2.45) is 5.11 Å². The fraction of sp³-hybridized carbons (Fsp3) is 0.625. The van der Waals surface area contributed by atoms with E-state index in [9.17, 15) is 0 Å². The quantitative estimate of drug-likeness (QED) is 0.472. The lowest BCUT2D eigenvalue weighted by Gasteiger charge is -2.02. The smallest absolute Gasteiger partial charge is 0.0965 e. The molecule has 1 unspecified atom stereocenters. The molecule has 0 aromatic carbocycles. The van der Waals surface area contributed by atoms with E-state index in [4.69, 9.17) is 10.6 Å². The number of aromatic nitrogens is 1. The summed E-state index contributed by atoms with van der Waals surface area (Å²) in [6.07, 6.45) is 1.66. The second-order valence-corrected chi connectivity index (χ2v) is 4.25. The van der Waals surface area contributed by atoms with Crippen LogP contribution in [-0.2, 0) is 0 Å². The topological polar surface area (TPSA) is 81.9 Å². The van der Waals surface area contributed by atoms with E-state index in [0.29, 0.717) is 5.92 Å². The van der Waals surface area contributed by atoms with E-state index in [1.54, 1.807) is 6.20 Å². The molecule has 76 valence electrons. The highest BCUT2D eigenvalue weighted by Crippen LogP contribution is 2.27. The van der Waals surface area contributed by atoms with E-state index >= 15 is 0 Å². The van der Waals surface area contributed by atoms with Crippen molar-refractivity contribution in [1.29, 1.82) is 0 Å². The summed E-state index contributed by atoms with van der Waals surface area (Å²) in [5, 5.41) is 13.5. The van der Waals surface area contributed by atoms with Gasteiger partial charge in [0, 0.05) is 21.9 Å². The van der Waals surface area contributed by atoms with Gasteiger partial charge in [-0.05, 0) is 5.53 Å². The van der Waals surface area contributed by atoms with Crippen LogP contribution in [-0.4, -0.2) is 16.7 Å². The maximum Gasteiger partial charge on any atom is 0.0965 e. The molecule has 1 heterocycles. The predicted molar refractivity (Wildman–Crippen MR) is 55.2 cm³/mol. The average Bonchev–Trinajstić information content (AvgIpc) is 2.63. The Morgan fingerprint density at radius 1 is 1.71 bits per heavy atom. The van der Waals surface area contributed by atoms with E-state index < -0.39 is 6.04 Å². The number of hydrogen-bond donors (Lipinski definition) is 1. The molecule has 0 aliphatic carbocycles. The van der Waals surface area contributed by atoms with Gasteiger partial charge in [0.25, 0.3) is 0 Å². The number of hydrogen-bond acceptors (Lipinski definition) is 4. The number of azide groups is 1. The molecule has 0 amide bonds. The van der Waals surface area contributed by atoms with Crippen molar-refractivity contribution in [3.8, 4) is 0 Å². The van der Waals surface area contributed by atoms with Crippen molar-refractivity contribution in [3.05, 3.63) is 26.5 Å². The predicted octanol–water partition coefficient (Wildman–Crippen LogP) is 2.61. The molecule has 0 fully saturated rings. The third-order valence-corrected chi connectivity index (χ3v) is 3.13. The van der Waals surface area contributed by atoms with Crippen molar-refractivity contribution in [3.63, 3.8) is 0 Å². The maximum absolute atomic E-state index is 8.97. The summed E-state index contributed by atoms with van der Waals surface area (Å²) in [6.45, 7) is 3.91. The summed E-state index contributed by atoms with van der Waals surface area (Å²) in [5.74, 6) is 0.360. The Kier molecular flexibility index (Phi) is 3.88. The highest BCUT2D eigenvalue weighted by molar-refractivity contribution is 7.11. The van der Waals surface area contributed by atoms with Crippen LogP contribution in [0.15, 0.2) is 11.3 Å². The van der Waals surface area contributed by atoms with Crippen LogP contribution in [0.25, 0.3) is 10.4 Å². The van der Waals surface area contributed by atoms with Gasteiger partial charge in [0.1, 0.15) is 0 Å². The van der Waals surface area contributed by atoms with E-state index in [1.165, 1.54) is 11.3 Å². The summed E-state index contributed by atoms with van der Waals surface area (Å²) in [6, 6.07) is -0.495. The third-order valence-electron chi connectivity index (χ3n) is 1.73. The largest absolute Gasteiger partial charge is 0.396 e. The van der Waals surface area contributed by atoms with Crippen LogP contribution in [0.2, 0.25) is 0 Å². The fourth-order valence-corrected chi connectivity index (χ4v) is 1.91. The molecular weight excluding hydrogens is 200 g/mol. The first kappa shape index (κ1) is 11.0. The molecule has 0 saturated heterocycles. The average molecular weight is 212 g/mol. The Hall–Kier alpha value is -1.10. The number of nitrogens with zero attached hydrogens (tertiary/aromatic N) is 4. The Labute approximate surface area is 86.0 Å². The van der Waals surface area contributed by atoms with Crippen molar-refractivity contribution in [2.45, 2.75) is 25.8 Å². The molecule has 1 rings (SSSR count). The van der Waals surface area contributed by atoms with Crippen molar-refractivity contribution >= 4 is 11.3 Å². The SMILES string of the molecule is CC(C)c1ncc(C(CO)N=[N+]=[N-])s1. The van der Waals surface area contributed by atoms with Crippen LogP contribution in [0.3, 0.4) is 0 Å². The molecule has 14 heavy (non-hydrogen) atoms. The van der Waals surface area contributed by atoms with Gasteiger partial charge in [-0.25, -0.2) is 4.98 Å². The van der Waals surface area contributed by atoms with Gasteiger partial charge >= 0.3 is 0 Å². The van der Waals surface area contributed by atoms with Crippen LogP contribution >= 0.6 is 11.3 Å². The molecular formula is C8H12N4OS. The second-order valence-electron chi connectivity index (χ2n) is 3.16. The first-order chi connectivity index (χ1) is 6.69. The molecule has 1 aromatic rings. The van der Waals surface area contributed by atoms with E-state index in [2.05, 4.69) is 15.0 Å². The minimum Gasteiger partial charge on any atom is -0.396 e. The molecule has 0 radical (unpaired) electrons. The summed E-state index contributed by atoms with van der Waals surface area (Å²) in [7, 11) is 0. The normalized spacial score (nSPS) is 12.6. The van der Waals surface area contributed by atoms with Gasteiger partial charge < -0.3 is 5.11 Å². The molecule has 5 nitrogen and oxygen atoms in total. The fourth-order valence-electron chi connectivity index (χ4n) is 0.967. The van der Waals surface area contributed by atoms with Crippen LogP contribution < -0.4 is 0 Å². The first-order valence-corrected chi connectivity index (χ1v) is 5.11. The highest BCUT2D eigenvalue weighted by atomic mass is 32.1. The number of thiazole rings is 1. The Morgan fingerprint density at radius 3 is 2.86 bits per heavy atom. The Balaban J connectivity index is 2.88. The van der Waals surface area contributed by atoms with Crippen LogP contribution in [0.1, 0.15) is 35.7 Å². The number of aliphatic hydroxyl groups excluding tert-OH is 1. The highest BCUT2D eigenvalue weighted by Gasteiger charge is 2.13. The van der Waals surface area contributed by atoms with Crippen molar-refractivity contribution < 1.29 is 5.11 Å². The number of rotatable bonds is 4. The molecule has 0 aliphatic heterocycles. The lowest BCUT2D eigenvalue weighted by atomic mass is 10.2. The van der Waals surface area contributed by atoms with E-state index in [1.807, 2.05) is 13.8 Å². The van der Waals surface area contributed by atoms with Gasteiger partial charge in [0.15, 0.2) is 0 Å². The zero-order valence-corrected chi connectivity index (χ0v) is 8.90. The minimum absolute atomic E-state index is 0.177. The molecule has 0 spiro atoms. The van der Waals surface area contributed by atoms with Crippen LogP contribution in [0, 0.1) is 0 Å². The number of aliphatic hydroxyl groups is 1. The summed E-state index contributed by atoms with van der Waals surface area (Å²) < 4.78 is 0. The maximum atomic E-state index is 8.97. The molecule has 6 heteroatoms. The van der Waals surface area contributed by atoms with Gasteiger partial charge in [-0.15, -0.1) is 11.3 Å². The third kappa shape index (κ3) is 2.45. The molecule has 0 aliphatic rings. The molecule has 1 N–H and O–H groups in total. The van der Waals surface area contributed by atoms with Crippen LogP contribution in [0.5, 0.6) is 0 Å². The molecule has 1 aromatic heterocycles.